The van der Waals surface area contributed by atoms with Crippen LogP contribution in [-0.2, 0) is 4.12 Å². The van der Waals surface area contributed by atoms with Gasteiger partial charge >= 0.3 is 0 Å². The molecule has 0 atom stereocenters. The van der Waals surface area contributed by atoms with Crippen LogP contribution in [0.1, 0.15) is 86.0 Å². The van der Waals surface area contributed by atoms with E-state index in [9.17, 15) is 0 Å². The molecule has 0 aromatic rings. The zero-order chi connectivity index (χ0) is 16.0. The summed E-state index contributed by atoms with van der Waals surface area (Å²) in [5.41, 5.74) is 0. The predicted molar refractivity (Wildman–Crippen MR) is 103 cm³/mol. The molecular weight excluding hydrogens is 288 g/mol. The van der Waals surface area contributed by atoms with E-state index in [1.807, 2.05) is 0 Å². The number of hydrogen-bond donors (Lipinski definition) is 0. The van der Waals surface area contributed by atoms with Gasteiger partial charge in [-0.2, -0.15) is 0 Å². The quantitative estimate of drug-likeness (QED) is 0.234. The Morgan fingerprint density at radius 3 is 1.38 bits per heavy atom. The fourth-order valence-electron chi connectivity index (χ4n) is 3.21. The van der Waals surface area contributed by atoms with E-state index in [0.717, 1.165) is 0 Å². The first-order chi connectivity index (χ1) is 10.2. The van der Waals surface area contributed by atoms with Crippen LogP contribution >= 0.6 is 0 Å². The summed E-state index contributed by atoms with van der Waals surface area (Å²) >= 11 is 0. The lowest BCUT2D eigenvalue weighted by atomic mass is 10.2. The van der Waals surface area contributed by atoms with Gasteiger partial charge in [0.05, 0.1) is 0 Å². The first-order valence-corrected chi connectivity index (χ1v) is 14.5. The van der Waals surface area contributed by atoms with E-state index in [2.05, 4.69) is 34.6 Å². The molecule has 0 aliphatic carbocycles. The first-order valence-electron chi connectivity index (χ1n) is 9.85. The lowest BCUT2D eigenvalue weighted by Crippen LogP contribution is -2.41. The van der Waals surface area contributed by atoms with Crippen molar-refractivity contribution in [1.82, 2.24) is 0 Å². The molecule has 128 valence electrons. The predicted octanol–water partition coefficient (Wildman–Crippen LogP) is 6.89. The van der Waals surface area contributed by atoms with Gasteiger partial charge < -0.3 is 4.12 Å². The standard InChI is InChI=1S/C18H42OSi2/c1-6-11-13-15-17-20(18-16-14-12-7-2)19-21(8-3,9-4)10-5/h20H,6-18H2,1-5H3. The Morgan fingerprint density at radius 2 is 1.05 bits per heavy atom. The fourth-order valence-corrected chi connectivity index (χ4v) is 12.3. The van der Waals surface area contributed by atoms with Gasteiger partial charge in [0, 0.05) is 0 Å². The van der Waals surface area contributed by atoms with Crippen LogP contribution in [0.15, 0.2) is 0 Å². The maximum Gasteiger partial charge on any atom is 0.178 e. The van der Waals surface area contributed by atoms with Crippen molar-refractivity contribution in [2.75, 3.05) is 0 Å². The van der Waals surface area contributed by atoms with Crippen LogP contribution < -0.4 is 0 Å². The minimum Gasteiger partial charge on any atom is -0.457 e. The Bertz CT molecular complexity index is 197. The molecule has 0 fully saturated rings. The zero-order valence-electron chi connectivity index (χ0n) is 15.7. The summed E-state index contributed by atoms with van der Waals surface area (Å²) in [7, 11) is -2.29. The third-order valence-corrected chi connectivity index (χ3v) is 14.4. The van der Waals surface area contributed by atoms with Crippen molar-refractivity contribution in [2.45, 2.75) is 116 Å². The Morgan fingerprint density at radius 1 is 0.619 bits per heavy atom. The molecule has 0 amide bonds. The van der Waals surface area contributed by atoms with Gasteiger partial charge in [-0.25, -0.2) is 0 Å². The first kappa shape index (κ1) is 21.4. The highest BCUT2D eigenvalue weighted by atomic mass is 28.4. The highest BCUT2D eigenvalue weighted by Crippen LogP contribution is 2.26. The van der Waals surface area contributed by atoms with E-state index in [1.165, 1.54) is 81.6 Å². The maximum atomic E-state index is 6.92. The average molecular weight is 331 g/mol. The average Bonchev–Trinajstić information content (AvgIpc) is 2.52. The van der Waals surface area contributed by atoms with E-state index in [0.29, 0.717) is 0 Å². The van der Waals surface area contributed by atoms with Gasteiger partial charge in [-0.05, 0) is 30.2 Å². The molecule has 0 unspecified atom stereocenters. The molecule has 0 N–H and O–H groups in total. The topological polar surface area (TPSA) is 9.23 Å². The van der Waals surface area contributed by atoms with Crippen LogP contribution in [0.3, 0.4) is 0 Å². The lowest BCUT2D eigenvalue weighted by Gasteiger charge is -2.33. The minimum absolute atomic E-state index is 0.935. The molecule has 1 nitrogen and oxygen atoms in total. The summed E-state index contributed by atoms with van der Waals surface area (Å²) in [5, 5.41) is 0. The second-order valence-electron chi connectivity index (χ2n) is 6.68. The molecule has 21 heavy (non-hydrogen) atoms. The van der Waals surface area contributed by atoms with Crippen molar-refractivity contribution < 1.29 is 4.12 Å². The van der Waals surface area contributed by atoms with E-state index < -0.39 is 17.4 Å². The maximum absolute atomic E-state index is 6.92. The summed E-state index contributed by atoms with van der Waals surface area (Å²) in [6, 6.07) is 6.87. The molecular formula is C18H42OSi2. The zero-order valence-corrected chi connectivity index (χ0v) is 17.8. The fraction of sp³-hybridized carbons (Fsp3) is 1.00. The van der Waals surface area contributed by atoms with Gasteiger partial charge in [-0.3, -0.25) is 0 Å². The third kappa shape index (κ3) is 9.90. The van der Waals surface area contributed by atoms with Crippen LogP contribution in [0.25, 0.3) is 0 Å². The van der Waals surface area contributed by atoms with E-state index in [-0.39, 0.29) is 0 Å². The molecule has 0 bridgehead atoms. The second-order valence-corrected chi connectivity index (χ2v) is 14.5. The normalized spacial score (nSPS) is 12.3. The van der Waals surface area contributed by atoms with Crippen LogP contribution in [-0.4, -0.2) is 17.4 Å². The molecule has 3 heteroatoms. The number of hydrogen-bond acceptors (Lipinski definition) is 1. The summed E-state index contributed by atoms with van der Waals surface area (Å²) in [4.78, 5) is 0. The van der Waals surface area contributed by atoms with Crippen LogP contribution in [0.4, 0.5) is 0 Å². The third-order valence-electron chi connectivity index (χ3n) is 5.11. The van der Waals surface area contributed by atoms with Gasteiger partial charge in [0.2, 0.25) is 0 Å². The molecule has 0 saturated heterocycles. The monoisotopic (exact) mass is 330 g/mol. The molecule has 0 rings (SSSR count). The van der Waals surface area contributed by atoms with Gasteiger partial charge in [0.15, 0.2) is 17.4 Å². The molecule has 0 radical (unpaired) electrons. The van der Waals surface area contributed by atoms with E-state index in [1.54, 1.807) is 0 Å². The highest BCUT2D eigenvalue weighted by Gasteiger charge is 2.31. The van der Waals surface area contributed by atoms with Crippen molar-refractivity contribution in [2.24, 2.45) is 0 Å². The summed E-state index contributed by atoms with van der Waals surface area (Å²) < 4.78 is 6.92. The van der Waals surface area contributed by atoms with Gasteiger partial charge in [-0.15, -0.1) is 0 Å². The number of unbranched alkanes of at least 4 members (excludes halogenated alkanes) is 6. The Kier molecular flexibility index (Phi) is 14.3. The van der Waals surface area contributed by atoms with Crippen LogP contribution in [0, 0.1) is 0 Å². The van der Waals surface area contributed by atoms with Crippen molar-refractivity contribution in [1.29, 1.82) is 0 Å². The highest BCUT2D eigenvalue weighted by molar-refractivity contribution is 6.80. The van der Waals surface area contributed by atoms with Crippen molar-refractivity contribution in [3.05, 3.63) is 0 Å². The van der Waals surface area contributed by atoms with Gasteiger partial charge in [0.25, 0.3) is 0 Å². The van der Waals surface area contributed by atoms with Crippen LogP contribution in [0.2, 0.25) is 30.2 Å². The smallest absolute Gasteiger partial charge is 0.178 e. The second kappa shape index (κ2) is 14.0. The van der Waals surface area contributed by atoms with Crippen molar-refractivity contribution >= 4 is 17.4 Å². The molecule has 0 spiro atoms. The Labute approximate surface area is 138 Å². The minimum atomic E-state index is -1.36. The molecule has 0 aromatic heterocycles. The van der Waals surface area contributed by atoms with Crippen molar-refractivity contribution in [3.63, 3.8) is 0 Å². The molecule has 0 saturated carbocycles. The van der Waals surface area contributed by atoms with Crippen LogP contribution in [0.5, 0.6) is 0 Å². The summed E-state index contributed by atoms with van der Waals surface area (Å²) in [5.74, 6) is 0. The van der Waals surface area contributed by atoms with Gasteiger partial charge in [0.1, 0.15) is 0 Å². The molecule has 0 aliphatic rings. The summed E-state index contributed by atoms with van der Waals surface area (Å²) in [6.07, 6.45) is 11.2. The Balaban J connectivity index is 4.32. The van der Waals surface area contributed by atoms with E-state index >= 15 is 0 Å². The lowest BCUT2D eigenvalue weighted by molar-refractivity contribution is 0.524. The van der Waals surface area contributed by atoms with E-state index in [4.69, 9.17) is 4.12 Å². The molecule has 0 aromatic carbocycles. The largest absolute Gasteiger partial charge is 0.457 e. The van der Waals surface area contributed by atoms with Crippen molar-refractivity contribution in [3.8, 4) is 0 Å². The number of rotatable bonds is 15. The molecule has 0 aliphatic heterocycles. The Hall–Kier alpha value is 0.394. The SMILES string of the molecule is CCCCCC[SiH](CCCCCC)O[Si](CC)(CC)CC. The summed E-state index contributed by atoms with van der Waals surface area (Å²) in [6.45, 7) is 11.7. The molecule has 0 heterocycles. The van der Waals surface area contributed by atoms with Gasteiger partial charge in [-0.1, -0.05) is 86.0 Å².